The van der Waals surface area contributed by atoms with Crippen molar-refractivity contribution in [2.45, 2.75) is 19.9 Å². The molecule has 102 valence electrons. The topological polar surface area (TPSA) is 20.2 Å². The van der Waals surface area contributed by atoms with Gasteiger partial charge in [0.25, 0.3) is 0 Å². The van der Waals surface area contributed by atoms with Crippen LogP contribution in [0.4, 0.5) is 0 Å². The maximum atomic E-state index is 3.41. The third kappa shape index (κ3) is 2.40. The molecule has 0 radical (unpaired) electrons. The van der Waals surface area contributed by atoms with E-state index < -0.39 is 0 Å². The highest BCUT2D eigenvalue weighted by Crippen LogP contribution is 2.25. The zero-order valence-electron chi connectivity index (χ0n) is 11.9. The Morgan fingerprint density at radius 1 is 1.16 bits per heavy atom. The number of aryl methyl sites for hydroxylation is 2. The SMILES string of the molecule is CCc1cccc2c(CN3CCNCC3)cn(C)c12. The van der Waals surface area contributed by atoms with Gasteiger partial charge in [-0.1, -0.05) is 25.1 Å². The van der Waals surface area contributed by atoms with Crippen molar-refractivity contribution in [3.8, 4) is 0 Å². The molecule has 0 amide bonds. The first-order valence-electron chi connectivity index (χ1n) is 7.28. The first kappa shape index (κ1) is 12.7. The van der Waals surface area contributed by atoms with E-state index in [-0.39, 0.29) is 0 Å². The Morgan fingerprint density at radius 2 is 1.95 bits per heavy atom. The summed E-state index contributed by atoms with van der Waals surface area (Å²) in [5.41, 5.74) is 4.33. The maximum Gasteiger partial charge on any atom is 0.0513 e. The molecule has 0 atom stereocenters. The molecule has 1 saturated heterocycles. The van der Waals surface area contributed by atoms with Crippen LogP contribution in [-0.4, -0.2) is 35.6 Å². The van der Waals surface area contributed by atoms with Gasteiger partial charge in [0.2, 0.25) is 0 Å². The molecule has 3 heteroatoms. The van der Waals surface area contributed by atoms with Gasteiger partial charge in [0.15, 0.2) is 0 Å². The molecule has 0 bridgehead atoms. The Labute approximate surface area is 115 Å². The van der Waals surface area contributed by atoms with Crippen molar-refractivity contribution in [2.24, 2.45) is 7.05 Å². The second-order valence-corrected chi connectivity index (χ2v) is 5.46. The number of fused-ring (bicyclic) bond motifs is 1. The number of nitrogens with one attached hydrogen (secondary N) is 1. The lowest BCUT2D eigenvalue weighted by atomic mass is 10.1. The molecule has 1 aliphatic heterocycles. The number of hydrogen-bond acceptors (Lipinski definition) is 2. The van der Waals surface area contributed by atoms with Crippen molar-refractivity contribution in [1.82, 2.24) is 14.8 Å². The lowest BCUT2D eigenvalue weighted by molar-refractivity contribution is 0.234. The quantitative estimate of drug-likeness (QED) is 0.909. The fourth-order valence-electron chi connectivity index (χ4n) is 3.16. The first-order chi connectivity index (χ1) is 9.29. The molecular formula is C16H23N3. The van der Waals surface area contributed by atoms with E-state index in [1.54, 1.807) is 0 Å². The summed E-state index contributed by atoms with van der Waals surface area (Å²) in [4.78, 5) is 2.55. The Balaban J connectivity index is 1.95. The molecule has 1 N–H and O–H groups in total. The van der Waals surface area contributed by atoms with E-state index in [0.717, 1.165) is 39.1 Å². The van der Waals surface area contributed by atoms with Gasteiger partial charge in [-0.2, -0.15) is 0 Å². The van der Waals surface area contributed by atoms with Crippen LogP contribution in [0.25, 0.3) is 10.9 Å². The molecule has 1 aromatic heterocycles. The zero-order chi connectivity index (χ0) is 13.2. The van der Waals surface area contributed by atoms with E-state index in [1.807, 2.05) is 0 Å². The van der Waals surface area contributed by atoms with Crippen LogP contribution in [-0.2, 0) is 20.0 Å². The molecule has 0 aliphatic carbocycles. The van der Waals surface area contributed by atoms with Gasteiger partial charge in [-0.25, -0.2) is 0 Å². The van der Waals surface area contributed by atoms with Gasteiger partial charge in [0, 0.05) is 51.4 Å². The van der Waals surface area contributed by atoms with Crippen LogP contribution in [0.2, 0.25) is 0 Å². The molecule has 1 fully saturated rings. The van der Waals surface area contributed by atoms with Crippen molar-refractivity contribution < 1.29 is 0 Å². The molecule has 0 spiro atoms. The van der Waals surface area contributed by atoms with Crippen LogP contribution in [0, 0.1) is 0 Å². The second kappa shape index (κ2) is 5.35. The average molecular weight is 257 g/mol. The largest absolute Gasteiger partial charge is 0.350 e. The highest BCUT2D eigenvalue weighted by molar-refractivity contribution is 5.86. The van der Waals surface area contributed by atoms with Crippen LogP contribution >= 0.6 is 0 Å². The monoisotopic (exact) mass is 257 g/mol. The minimum Gasteiger partial charge on any atom is -0.350 e. The first-order valence-corrected chi connectivity index (χ1v) is 7.28. The molecule has 1 aromatic carbocycles. The molecule has 2 heterocycles. The molecule has 1 aliphatic rings. The minimum absolute atomic E-state index is 1.08. The van der Waals surface area contributed by atoms with Gasteiger partial charge in [0.05, 0.1) is 5.52 Å². The van der Waals surface area contributed by atoms with Gasteiger partial charge >= 0.3 is 0 Å². The fourth-order valence-corrected chi connectivity index (χ4v) is 3.16. The Hall–Kier alpha value is -1.32. The molecule has 3 nitrogen and oxygen atoms in total. The third-order valence-electron chi connectivity index (χ3n) is 4.15. The third-order valence-corrected chi connectivity index (χ3v) is 4.15. The van der Waals surface area contributed by atoms with E-state index in [4.69, 9.17) is 0 Å². The van der Waals surface area contributed by atoms with Gasteiger partial charge < -0.3 is 9.88 Å². The van der Waals surface area contributed by atoms with Crippen LogP contribution in [0.5, 0.6) is 0 Å². The predicted octanol–water partition coefficient (Wildman–Crippen LogP) is 2.15. The molecule has 0 saturated carbocycles. The van der Waals surface area contributed by atoms with E-state index in [9.17, 15) is 0 Å². The summed E-state index contributed by atoms with van der Waals surface area (Å²) in [6.07, 6.45) is 3.41. The number of aromatic nitrogens is 1. The van der Waals surface area contributed by atoms with Gasteiger partial charge in [-0.05, 0) is 17.5 Å². The summed E-state index contributed by atoms with van der Waals surface area (Å²) in [6, 6.07) is 6.71. The van der Waals surface area contributed by atoms with Crippen LogP contribution < -0.4 is 5.32 Å². The maximum absolute atomic E-state index is 3.41. The van der Waals surface area contributed by atoms with E-state index in [2.05, 4.69) is 53.2 Å². The number of para-hydroxylation sites is 1. The Bertz CT molecular complexity index is 565. The van der Waals surface area contributed by atoms with Crippen molar-refractivity contribution in [1.29, 1.82) is 0 Å². The average Bonchev–Trinajstić information content (AvgIpc) is 2.77. The molecule has 2 aromatic rings. The highest BCUT2D eigenvalue weighted by atomic mass is 15.2. The van der Waals surface area contributed by atoms with E-state index >= 15 is 0 Å². The summed E-state index contributed by atoms with van der Waals surface area (Å²) >= 11 is 0. The number of piperazine rings is 1. The molecule has 19 heavy (non-hydrogen) atoms. The smallest absolute Gasteiger partial charge is 0.0513 e. The van der Waals surface area contributed by atoms with E-state index in [0.29, 0.717) is 0 Å². The summed E-state index contributed by atoms with van der Waals surface area (Å²) in [5.74, 6) is 0. The Morgan fingerprint density at radius 3 is 2.68 bits per heavy atom. The fraction of sp³-hybridized carbons (Fsp3) is 0.500. The van der Waals surface area contributed by atoms with Crippen molar-refractivity contribution in [3.63, 3.8) is 0 Å². The van der Waals surface area contributed by atoms with Gasteiger partial charge in [-0.3, -0.25) is 4.90 Å². The minimum atomic E-state index is 1.08. The predicted molar refractivity (Wildman–Crippen MR) is 80.4 cm³/mol. The van der Waals surface area contributed by atoms with Gasteiger partial charge in [-0.15, -0.1) is 0 Å². The van der Waals surface area contributed by atoms with Crippen LogP contribution in [0.1, 0.15) is 18.1 Å². The number of benzene rings is 1. The summed E-state index contributed by atoms with van der Waals surface area (Å²) in [5, 5.41) is 4.85. The summed E-state index contributed by atoms with van der Waals surface area (Å²) < 4.78 is 2.30. The standard InChI is InChI=1S/C16H23N3/c1-3-13-5-4-6-15-14(11-18(2)16(13)15)12-19-9-7-17-8-10-19/h4-6,11,17H,3,7-10,12H2,1-2H3. The summed E-state index contributed by atoms with van der Waals surface area (Å²) in [6.45, 7) is 7.85. The number of hydrogen-bond donors (Lipinski definition) is 1. The van der Waals surface area contributed by atoms with Gasteiger partial charge in [0.1, 0.15) is 0 Å². The van der Waals surface area contributed by atoms with Crippen molar-refractivity contribution in [3.05, 3.63) is 35.5 Å². The van der Waals surface area contributed by atoms with Crippen LogP contribution in [0.3, 0.4) is 0 Å². The number of nitrogens with zero attached hydrogens (tertiary/aromatic N) is 2. The normalized spacial score (nSPS) is 17.2. The van der Waals surface area contributed by atoms with E-state index in [1.165, 1.54) is 22.0 Å². The molecule has 0 unspecified atom stereocenters. The second-order valence-electron chi connectivity index (χ2n) is 5.46. The molecule has 3 rings (SSSR count). The summed E-state index contributed by atoms with van der Waals surface area (Å²) in [7, 11) is 2.17. The number of rotatable bonds is 3. The lowest BCUT2D eigenvalue weighted by Crippen LogP contribution is -2.42. The highest BCUT2D eigenvalue weighted by Gasteiger charge is 2.14. The molecular weight excluding hydrogens is 234 g/mol. The van der Waals surface area contributed by atoms with Crippen LogP contribution in [0.15, 0.2) is 24.4 Å². The van der Waals surface area contributed by atoms with Crippen molar-refractivity contribution >= 4 is 10.9 Å². The van der Waals surface area contributed by atoms with Crippen molar-refractivity contribution in [2.75, 3.05) is 26.2 Å². The zero-order valence-corrected chi connectivity index (χ0v) is 11.9. The Kier molecular flexibility index (Phi) is 3.58. The lowest BCUT2D eigenvalue weighted by Gasteiger charge is -2.26.